The second-order valence-electron chi connectivity index (χ2n) is 6.35. The van der Waals surface area contributed by atoms with Gasteiger partial charge in [0, 0.05) is 18.4 Å². The lowest BCUT2D eigenvalue weighted by atomic mass is 9.83. The molecule has 2 aliphatic carbocycles. The van der Waals surface area contributed by atoms with Crippen molar-refractivity contribution >= 4 is 5.82 Å². The van der Waals surface area contributed by atoms with Crippen molar-refractivity contribution in [3.63, 3.8) is 0 Å². The van der Waals surface area contributed by atoms with Gasteiger partial charge in [-0.3, -0.25) is 0 Å². The predicted molar refractivity (Wildman–Crippen MR) is 79.3 cm³/mol. The summed E-state index contributed by atoms with van der Waals surface area (Å²) in [5.41, 5.74) is 7.63. The molecule has 106 valence electrons. The molecule has 1 aromatic rings. The Morgan fingerprint density at radius 2 is 1.74 bits per heavy atom. The zero-order valence-corrected chi connectivity index (χ0v) is 12.2. The van der Waals surface area contributed by atoms with Gasteiger partial charge in [0.25, 0.3) is 0 Å². The second-order valence-corrected chi connectivity index (χ2v) is 6.35. The molecule has 0 spiro atoms. The average molecular weight is 261 g/mol. The molecule has 0 atom stereocenters. The molecule has 3 nitrogen and oxygen atoms in total. The van der Waals surface area contributed by atoms with Crippen LogP contribution in [0.25, 0.3) is 0 Å². The van der Waals surface area contributed by atoms with Crippen LogP contribution < -0.4 is 5.73 Å². The molecule has 0 bridgehead atoms. The van der Waals surface area contributed by atoms with Gasteiger partial charge in [0.15, 0.2) is 0 Å². The molecule has 0 amide bonds. The zero-order chi connectivity index (χ0) is 13.2. The van der Waals surface area contributed by atoms with Crippen molar-refractivity contribution in [3.05, 3.63) is 11.5 Å². The van der Waals surface area contributed by atoms with Crippen molar-refractivity contribution < 1.29 is 0 Å². The number of rotatable bonds is 4. The Balaban J connectivity index is 1.91. The van der Waals surface area contributed by atoms with Crippen molar-refractivity contribution in [2.45, 2.75) is 83.1 Å². The van der Waals surface area contributed by atoms with Crippen LogP contribution >= 0.6 is 0 Å². The molecule has 2 N–H and O–H groups in total. The molecule has 2 aliphatic rings. The molecule has 3 heteroatoms. The average Bonchev–Trinajstić information content (AvgIpc) is 2.68. The number of hydrogen-bond acceptors (Lipinski definition) is 2. The van der Waals surface area contributed by atoms with Gasteiger partial charge in [0.1, 0.15) is 11.6 Å². The van der Waals surface area contributed by atoms with Crippen molar-refractivity contribution in [1.29, 1.82) is 0 Å². The van der Waals surface area contributed by atoms with Crippen LogP contribution in [-0.2, 0) is 6.54 Å². The highest BCUT2D eigenvalue weighted by atomic mass is 15.1. The standard InChI is InChI=1S/C16H27N3/c1-2-11-19-15(17)14(12-9-6-10-12)18-16(19)13-7-4-3-5-8-13/h12-13H,2-11,17H2,1H3. The number of hydrogen-bond donors (Lipinski definition) is 1. The Bertz CT molecular complexity index is 425. The Labute approximate surface area is 116 Å². The fraction of sp³-hybridized carbons (Fsp3) is 0.812. The summed E-state index contributed by atoms with van der Waals surface area (Å²) in [7, 11) is 0. The van der Waals surface area contributed by atoms with Crippen LogP contribution in [0.2, 0.25) is 0 Å². The number of anilines is 1. The Kier molecular flexibility index (Phi) is 3.81. The molecule has 2 fully saturated rings. The number of aromatic nitrogens is 2. The van der Waals surface area contributed by atoms with Gasteiger partial charge in [-0.05, 0) is 32.1 Å². The summed E-state index contributed by atoms with van der Waals surface area (Å²) in [6.45, 7) is 3.27. The van der Waals surface area contributed by atoms with Gasteiger partial charge in [0.2, 0.25) is 0 Å². The highest BCUT2D eigenvalue weighted by molar-refractivity contribution is 5.42. The molecule has 0 radical (unpaired) electrons. The van der Waals surface area contributed by atoms with Gasteiger partial charge in [-0.1, -0.05) is 32.6 Å². The number of nitrogens with two attached hydrogens (primary N) is 1. The van der Waals surface area contributed by atoms with Gasteiger partial charge in [-0.15, -0.1) is 0 Å². The van der Waals surface area contributed by atoms with Crippen LogP contribution in [0.1, 0.15) is 88.1 Å². The lowest BCUT2D eigenvalue weighted by Crippen LogP contribution is -2.14. The summed E-state index contributed by atoms with van der Waals surface area (Å²) in [6.07, 6.45) is 11.8. The van der Waals surface area contributed by atoms with Crippen molar-refractivity contribution in [1.82, 2.24) is 9.55 Å². The summed E-state index contributed by atoms with van der Waals surface area (Å²) in [6, 6.07) is 0. The van der Waals surface area contributed by atoms with E-state index in [1.807, 2.05) is 0 Å². The summed E-state index contributed by atoms with van der Waals surface area (Å²) in [4.78, 5) is 5.01. The van der Waals surface area contributed by atoms with E-state index in [0.717, 1.165) is 18.8 Å². The Morgan fingerprint density at radius 3 is 2.32 bits per heavy atom. The molecular formula is C16H27N3. The maximum absolute atomic E-state index is 6.41. The minimum Gasteiger partial charge on any atom is -0.384 e. The Hall–Kier alpha value is -0.990. The van der Waals surface area contributed by atoms with Gasteiger partial charge in [0.05, 0.1) is 5.69 Å². The summed E-state index contributed by atoms with van der Waals surface area (Å²) in [5, 5.41) is 0. The maximum atomic E-state index is 6.41. The highest BCUT2D eigenvalue weighted by Crippen LogP contribution is 2.41. The predicted octanol–water partition coefficient (Wildman–Crippen LogP) is 4.19. The van der Waals surface area contributed by atoms with E-state index in [-0.39, 0.29) is 0 Å². The van der Waals surface area contributed by atoms with Gasteiger partial charge in [-0.25, -0.2) is 4.98 Å². The third-order valence-electron chi connectivity index (χ3n) is 4.97. The van der Waals surface area contributed by atoms with E-state index in [2.05, 4.69) is 11.5 Å². The largest absolute Gasteiger partial charge is 0.384 e. The van der Waals surface area contributed by atoms with Crippen LogP contribution in [0, 0.1) is 0 Å². The van der Waals surface area contributed by atoms with Crippen LogP contribution in [0.4, 0.5) is 5.82 Å². The molecule has 0 unspecified atom stereocenters. The Morgan fingerprint density at radius 1 is 1.05 bits per heavy atom. The van der Waals surface area contributed by atoms with E-state index in [4.69, 9.17) is 10.7 Å². The molecule has 2 saturated carbocycles. The summed E-state index contributed by atoms with van der Waals surface area (Å²) < 4.78 is 2.34. The van der Waals surface area contributed by atoms with Crippen LogP contribution in [-0.4, -0.2) is 9.55 Å². The lowest BCUT2D eigenvalue weighted by Gasteiger charge is -2.24. The fourth-order valence-electron chi connectivity index (χ4n) is 3.62. The smallest absolute Gasteiger partial charge is 0.127 e. The molecule has 0 aliphatic heterocycles. The molecular weight excluding hydrogens is 234 g/mol. The molecule has 0 aromatic carbocycles. The van der Waals surface area contributed by atoms with Gasteiger partial charge >= 0.3 is 0 Å². The molecule has 19 heavy (non-hydrogen) atoms. The van der Waals surface area contributed by atoms with E-state index in [1.54, 1.807) is 0 Å². The van der Waals surface area contributed by atoms with Gasteiger partial charge < -0.3 is 10.3 Å². The van der Waals surface area contributed by atoms with Crippen molar-refractivity contribution in [2.75, 3.05) is 5.73 Å². The maximum Gasteiger partial charge on any atom is 0.127 e. The topological polar surface area (TPSA) is 43.8 Å². The van der Waals surface area contributed by atoms with Gasteiger partial charge in [-0.2, -0.15) is 0 Å². The molecule has 0 saturated heterocycles. The van der Waals surface area contributed by atoms with Crippen LogP contribution in [0.3, 0.4) is 0 Å². The van der Waals surface area contributed by atoms with E-state index in [0.29, 0.717) is 11.8 Å². The third-order valence-corrected chi connectivity index (χ3v) is 4.97. The monoisotopic (exact) mass is 261 g/mol. The first kappa shape index (κ1) is 13.0. The van der Waals surface area contributed by atoms with E-state index in [1.165, 1.54) is 62.9 Å². The highest BCUT2D eigenvalue weighted by Gasteiger charge is 2.29. The van der Waals surface area contributed by atoms with E-state index >= 15 is 0 Å². The number of imidazole rings is 1. The zero-order valence-electron chi connectivity index (χ0n) is 12.2. The first-order valence-electron chi connectivity index (χ1n) is 8.17. The second kappa shape index (κ2) is 5.56. The van der Waals surface area contributed by atoms with Crippen LogP contribution in [0.5, 0.6) is 0 Å². The quantitative estimate of drug-likeness (QED) is 0.883. The fourth-order valence-corrected chi connectivity index (χ4v) is 3.62. The number of nitrogen functional groups attached to an aromatic ring is 1. The summed E-state index contributed by atoms with van der Waals surface area (Å²) in [5.74, 6) is 3.60. The van der Waals surface area contributed by atoms with Crippen molar-refractivity contribution in [2.24, 2.45) is 0 Å². The third kappa shape index (κ3) is 2.39. The first-order chi connectivity index (χ1) is 9.31. The first-order valence-corrected chi connectivity index (χ1v) is 8.17. The van der Waals surface area contributed by atoms with E-state index < -0.39 is 0 Å². The minimum atomic E-state index is 0.653. The summed E-state index contributed by atoms with van der Waals surface area (Å²) >= 11 is 0. The molecule has 1 heterocycles. The van der Waals surface area contributed by atoms with Crippen LogP contribution in [0.15, 0.2) is 0 Å². The van der Waals surface area contributed by atoms with Crippen molar-refractivity contribution in [3.8, 4) is 0 Å². The SMILES string of the molecule is CCCn1c(C2CCCCC2)nc(C2CCC2)c1N. The molecule has 3 rings (SSSR count). The minimum absolute atomic E-state index is 0.653. The number of nitrogens with zero attached hydrogens (tertiary/aromatic N) is 2. The van der Waals surface area contributed by atoms with E-state index in [9.17, 15) is 0 Å². The molecule has 1 aromatic heterocycles. The lowest BCUT2D eigenvalue weighted by molar-refractivity contribution is 0.404. The normalized spacial score (nSPS) is 21.5.